The summed E-state index contributed by atoms with van der Waals surface area (Å²) in [5.74, 6) is -0.0440. The van der Waals surface area contributed by atoms with Crippen LogP contribution in [0.5, 0.6) is 0 Å². The van der Waals surface area contributed by atoms with Crippen LogP contribution in [-0.2, 0) is 14.3 Å². The number of carbonyl (C=O) groups excluding carboxylic acids is 2. The van der Waals surface area contributed by atoms with E-state index in [1.54, 1.807) is 6.08 Å². The van der Waals surface area contributed by atoms with Gasteiger partial charge in [0.05, 0.1) is 25.4 Å². The van der Waals surface area contributed by atoms with Crippen molar-refractivity contribution < 1.29 is 24.5 Å². The second-order valence-corrected chi connectivity index (χ2v) is 28.5. The highest BCUT2D eigenvalue weighted by Gasteiger charge is 2.18. The van der Waals surface area contributed by atoms with Crippen molar-refractivity contribution in [3.05, 3.63) is 36.5 Å². The monoisotopic (exact) mass is 1260 g/mol. The largest absolute Gasteiger partial charge is 0.466 e. The van der Waals surface area contributed by atoms with Gasteiger partial charge >= 0.3 is 5.97 Å². The predicted molar refractivity (Wildman–Crippen MR) is 398 cm³/mol. The average Bonchev–Trinajstić information content (AvgIpc) is 3.71. The number of hydrogen-bond donors (Lipinski definition) is 3. The molecule has 0 aliphatic carbocycles. The van der Waals surface area contributed by atoms with Crippen molar-refractivity contribution in [2.75, 3.05) is 13.2 Å². The van der Waals surface area contributed by atoms with E-state index in [0.717, 1.165) is 44.9 Å². The van der Waals surface area contributed by atoms with Gasteiger partial charge in [-0.05, 0) is 64.2 Å². The molecular formula is C84H161NO5. The molecule has 0 radical (unpaired) electrons. The van der Waals surface area contributed by atoms with Crippen LogP contribution in [0.15, 0.2) is 36.5 Å². The Hall–Kier alpha value is -1.92. The molecule has 0 spiro atoms. The van der Waals surface area contributed by atoms with Gasteiger partial charge in [0.25, 0.3) is 0 Å². The zero-order valence-electron chi connectivity index (χ0n) is 61.1. The molecule has 0 aromatic carbocycles. The highest BCUT2D eigenvalue weighted by Crippen LogP contribution is 2.20. The van der Waals surface area contributed by atoms with Gasteiger partial charge < -0.3 is 20.3 Å². The maximum Gasteiger partial charge on any atom is 0.305 e. The van der Waals surface area contributed by atoms with Gasteiger partial charge in [-0.2, -0.15) is 0 Å². The first-order valence-corrected chi connectivity index (χ1v) is 41.3. The van der Waals surface area contributed by atoms with Crippen molar-refractivity contribution in [2.45, 2.75) is 475 Å². The fraction of sp³-hybridized carbons (Fsp3) is 0.905. The number of allylic oxidation sites excluding steroid dienone is 5. The smallest absolute Gasteiger partial charge is 0.305 e. The number of aliphatic hydroxyl groups is 2. The fourth-order valence-corrected chi connectivity index (χ4v) is 13.1. The zero-order chi connectivity index (χ0) is 64.9. The first-order valence-electron chi connectivity index (χ1n) is 41.3. The van der Waals surface area contributed by atoms with E-state index in [0.29, 0.717) is 19.4 Å². The molecule has 0 aromatic rings. The van der Waals surface area contributed by atoms with Crippen LogP contribution >= 0.6 is 0 Å². The standard InChI is InChI=1S/C84H161NO5/c1-3-5-7-9-11-13-15-17-19-21-23-24-25-35-38-41-44-48-52-56-60-64-68-72-76-82(87)81(80-86)85-83(88)77-73-69-65-61-57-53-49-45-42-39-36-33-31-29-27-26-28-30-32-34-37-40-43-47-51-55-59-63-67-71-75-79-90-84(89)78-74-70-66-62-58-54-50-46-22-20-18-16-14-12-10-8-6-4-2/h28,30,34,37,72,76,81-82,86-87H,3-27,29,31-33,35-36,38-71,73-75,77-80H2,1-2H3,(H,85,88)/b30-28-,37-34-,76-72+. The van der Waals surface area contributed by atoms with Crippen molar-refractivity contribution in [3.63, 3.8) is 0 Å². The fourth-order valence-electron chi connectivity index (χ4n) is 13.1. The second-order valence-electron chi connectivity index (χ2n) is 28.5. The maximum absolute atomic E-state index is 12.6. The Kier molecular flexibility index (Phi) is 77.8. The van der Waals surface area contributed by atoms with Crippen LogP contribution in [0.3, 0.4) is 0 Å². The number of hydrogen-bond acceptors (Lipinski definition) is 5. The minimum atomic E-state index is -0.846. The molecule has 0 saturated carbocycles. The predicted octanol–water partition coefficient (Wildman–Crippen LogP) is 27.4. The molecule has 90 heavy (non-hydrogen) atoms. The summed E-state index contributed by atoms with van der Waals surface area (Å²) < 4.78 is 5.51. The van der Waals surface area contributed by atoms with Gasteiger partial charge in [0.1, 0.15) is 0 Å². The van der Waals surface area contributed by atoms with Crippen molar-refractivity contribution in [1.82, 2.24) is 5.32 Å². The van der Waals surface area contributed by atoms with E-state index in [2.05, 4.69) is 43.5 Å². The third-order valence-electron chi connectivity index (χ3n) is 19.4. The molecule has 0 heterocycles. The molecule has 0 aromatic heterocycles. The third kappa shape index (κ3) is 75.1. The number of amides is 1. The van der Waals surface area contributed by atoms with E-state index in [-0.39, 0.29) is 18.5 Å². The number of rotatable bonds is 78. The van der Waals surface area contributed by atoms with Gasteiger partial charge in [0.2, 0.25) is 5.91 Å². The molecule has 3 N–H and O–H groups in total. The van der Waals surface area contributed by atoms with Crippen molar-refractivity contribution in [1.29, 1.82) is 0 Å². The number of carbonyl (C=O) groups is 2. The van der Waals surface area contributed by atoms with Crippen LogP contribution in [0.25, 0.3) is 0 Å². The Morgan fingerprint density at radius 1 is 0.311 bits per heavy atom. The minimum Gasteiger partial charge on any atom is -0.466 e. The molecule has 0 aliphatic rings. The number of unbranched alkanes of at least 4 members (excludes halogenated alkanes) is 63. The van der Waals surface area contributed by atoms with Gasteiger partial charge in [0.15, 0.2) is 0 Å². The van der Waals surface area contributed by atoms with Crippen LogP contribution in [0.4, 0.5) is 0 Å². The average molecular weight is 1270 g/mol. The highest BCUT2D eigenvalue weighted by molar-refractivity contribution is 5.76. The SMILES string of the molecule is CCCCCCCCCCCCCCCCCCCCCCCC/C=C/C(O)C(CO)NC(=O)CCCCCCCCCCCCCCCCC/C=C\C/C=C\CCCCCCCCCCCOC(=O)CCCCCCCCCCCCCCCCCCCC. The Morgan fingerprint density at radius 3 is 0.844 bits per heavy atom. The minimum absolute atomic E-state index is 0.0183. The lowest BCUT2D eigenvalue weighted by molar-refractivity contribution is -0.143. The quantitative estimate of drug-likeness (QED) is 0.0320. The summed E-state index contributed by atoms with van der Waals surface area (Å²) in [6.45, 7) is 4.96. The number of ether oxygens (including phenoxy) is 1. The molecule has 6 heteroatoms. The molecular weight excluding hydrogens is 1100 g/mol. The van der Waals surface area contributed by atoms with Crippen molar-refractivity contribution in [3.8, 4) is 0 Å². The Bertz CT molecular complexity index is 1460. The number of nitrogens with one attached hydrogen (secondary N) is 1. The van der Waals surface area contributed by atoms with E-state index in [9.17, 15) is 19.8 Å². The van der Waals surface area contributed by atoms with Crippen LogP contribution in [0.2, 0.25) is 0 Å². The molecule has 1 amide bonds. The normalized spacial score (nSPS) is 12.6. The summed E-state index contributed by atoms with van der Waals surface area (Å²) in [5, 5.41) is 23.3. The Labute approximate surface area is 564 Å². The van der Waals surface area contributed by atoms with Gasteiger partial charge in [-0.15, -0.1) is 0 Å². The molecule has 0 saturated heterocycles. The molecule has 2 unspecified atom stereocenters. The van der Waals surface area contributed by atoms with Crippen LogP contribution in [0, 0.1) is 0 Å². The maximum atomic E-state index is 12.6. The lowest BCUT2D eigenvalue weighted by atomic mass is 10.0. The van der Waals surface area contributed by atoms with Gasteiger partial charge in [-0.3, -0.25) is 9.59 Å². The van der Waals surface area contributed by atoms with Crippen LogP contribution < -0.4 is 5.32 Å². The Morgan fingerprint density at radius 2 is 0.556 bits per heavy atom. The molecule has 6 nitrogen and oxygen atoms in total. The topological polar surface area (TPSA) is 95.9 Å². The van der Waals surface area contributed by atoms with E-state index in [1.165, 1.54) is 392 Å². The van der Waals surface area contributed by atoms with Crippen LogP contribution in [0.1, 0.15) is 463 Å². The van der Waals surface area contributed by atoms with Crippen LogP contribution in [-0.4, -0.2) is 47.4 Å². The Balaban J connectivity index is 3.40. The van der Waals surface area contributed by atoms with Crippen molar-refractivity contribution in [2.24, 2.45) is 0 Å². The summed E-state index contributed by atoms with van der Waals surface area (Å²) in [4.78, 5) is 24.7. The molecule has 0 bridgehead atoms. The van der Waals surface area contributed by atoms with E-state index in [1.807, 2.05) is 6.08 Å². The zero-order valence-corrected chi connectivity index (χ0v) is 61.1. The summed E-state index contributed by atoms with van der Waals surface area (Å²) in [7, 11) is 0. The first-order chi connectivity index (χ1) is 44.5. The summed E-state index contributed by atoms with van der Waals surface area (Å²) in [6, 6.07) is -0.629. The number of aliphatic hydroxyl groups excluding tert-OH is 2. The number of esters is 1. The van der Waals surface area contributed by atoms with E-state index in [4.69, 9.17) is 4.74 Å². The van der Waals surface area contributed by atoms with E-state index >= 15 is 0 Å². The van der Waals surface area contributed by atoms with Crippen molar-refractivity contribution >= 4 is 11.9 Å². The van der Waals surface area contributed by atoms with Gasteiger partial charge in [-0.1, -0.05) is 423 Å². The third-order valence-corrected chi connectivity index (χ3v) is 19.4. The molecule has 0 aliphatic heterocycles. The molecule has 532 valence electrons. The summed E-state index contributed by atoms with van der Waals surface area (Å²) >= 11 is 0. The lowest BCUT2D eigenvalue weighted by Gasteiger charge is -2.20. The first kappa shape index (κ1) is 88.1. The highest BCUT2D eigenvalue weighted by atomic mass is 16.5. The molecule has 0 rings (SSSR count). The summed E-state index contributed by atoms with van der Waals surface area (Å²) in [5.41, 5.74) is 0. The lowest BCUT2D eigenvalue weighted by Crippen LogP contribution is -2.45. The summed E-state index contributed by atoms with van der Waals surface area (Å²) in [6.07, 6.45) is 104. The molecule has 2 atom stereocenters. The molecule has 0 fully saturated rings. The van der Waals surface area contributed by atoms with E-state index < -0.39 is 12.1 Å². The van der Waals surface area contributed by atoms with Gasteiger partial charge in [0, 0.05) is 12.8 Å². The second kappa shape index (κ2) is 79.5. The van der Waals surface area contributed by atoms with Gasteiger partial charge in [-0.25, -0.2) is 0 Å².